The first-order valence-electron chi connectivity index (χ1n) is 4.28. The molecule has 2 aromatic rings. The molecule has 0 bridgehead atoms. The summed E-state index contributed by atoms with van der Waals surface area (Å²) in [6.45, 7) is 7.93. The molecule has 0 N–H and O–H groups in total. The Labute approximate surface area is 77.5 Å². The van der Waals surface area contributed by atoms with Gasteiger partial charge in [0.25, 0.3) is 0 Å². The highest BCUT2D eigenvalue weighted by Gasteiger charge is 2.01. The summed E-state index contributed by atoms with van der Waals surface area (Å²) in [4.78, 5) is 4.28. The predicted molar refractivity (Wildman–Crippen MR) is 55.6 cm³/mol. The van der Waals surface area contributed by atoms with E-state index < -0.39 is 0 Å². The van der Waals surface area contributed by atoms with Crippen LogP contribution < -0.4 is 0 Å². The zero-order valence-electron chi connectivity index (χ0n) is 7.91. The van der Waals surface area contributed by atoms with Crippen molar-refractivity contribution in [2.45, 2.75) is 13.8 Å². The average molecular weight is 172 g/mol. The van der Waals surface area contributed by atoms with E-state index in [1.54, 1.807) is 12.5 Å². The highest BCUT2D eigenvalue weighted by atomic mass is 15.0. The molecule has 2 nitrogen and oxygen atoms in total. The van der Waals surface area contributed by atoms with Crippen LogP contribution >= 0.6 is 0 Å². The van der Waals surface area contributed by atoms with E-state index in [4.69, 9.17) is 0 Å². The average Bonchev–Trinajstić information content (AvgIpc) is 2.48. The number of hydrogen-bond acceptors (Lipinski definition) is 1. The van der Waals surface area contributed by atoms with Crippen LogP contribution in [0.4, 0.5) is 0 Å². The van der Waals surface area contributed by atoms with Gasteiger partial charge in [0, 0.05) is 6.20 Å². The van der Waals surface area contributed by atoms with Crippen LogP contribution in [0.3, 0.4) is 0 Å². The topological polar surface area (TPSA) is 17.8 Å². The maximum Gasteiger partial charge on any atom is 0.0999 e. The third kappa shape index (κ3) is 1.15. The van der Waals surface area contributed by atoms with Crippen LogP contribution in [0.15, 0.2) is 25.0 Å². The molecule has 0 aliphatic heterocycles. The summed E-state index contributed by atoms with van der Waals surface area (Å²) in [5, 5.41) is 0. The minimum atomic E-state index is 1.03. The highest BCUT2D eigenvalue weighted by molar-refractivity contribution is 5.79. The summed E-state index contributed by atoms with van der Waals surface area (Å²) in [6.07, 6.45) is 3.56. The molecule has 0 spiro atoms. The van der Waals surface area contributed by atoms with Gasteiger partial charge in [0.1, 0.15) is 0 Å². The Kier molecular flexibility index (Phi) is 1.69. The molecule has 2 rings (SSSR count). The van der Waals surface area contributed by atoms with Crippen LogP contribution in [-0.4, -0.2) is 9.55 Å². The molecule has 0 saturated heterocycles. The second-order valence-electron chi connectivity index (χ2n) is 3.26. The first-order chi connectivity index (χ1) is 6.22. The summed E-state index contributed by atoms with van der Waals surface area (Å²) in [5.41, 5.74) is 4.72. The number of nitrogens with zero attached hydrogens (tertiary/aromatic N) is 2. The van der Waals surface area contributed by atoms with Crippen molar-refractivity contribution < 1.29 is 0 Å². The van der Waals surface area contributed by atoms with Crippen molar-refractivity contribution in [2.75, 3.05) is 0 Å². The maximum atomic E-state index is 4.28. The van der Waals surface area contributed by atoms with Gasteiger partial charge in [-0.1, -0.05) is 6.58 Å². The summed E-state index contributed by atoms with van der Waals surface area (Å²) in [7, 11) is 0. The van der Waals surface area contributed by atoms with Crippen molar-refractivity contribution in [1.82, 2.24) is 9.55 Å². The van der Waals surface area contributed by atoms with Crippen LogP contribution in [0.2, 0.25) is 0 Å². The van der Waals surface area contributed by atoms with Crippen molar-refractivity contribution in [3.63, 3.8) is 0 Å². The lowest BCUT2D eigenvalue weighted by Gasteiger charge is -2.00. The summed E-state index contributed by atoms with van der Waals surface area (Å²) >= 11 is 0. The van der Waals surface area contributed by atoms with Crippen molar-refractivity contribution >= 4 is 17.2 Å². The molecule has 2 heteroatoms. The van der Waals surface area contributed by atoms with E-state index >= 15 is 0 Å². The van der Waals surface area contributed by atoms with Crippen molar-refractivity contribution in [3.8, 4) is 0 Å². The molecule has 0 amide bonds. The van der Waals surface area contributed by atoms with Gasteiger partial charge in [-0.15, -0.1) is 0 Å². The van der Waals surface area contributed by atoms with E-state index in [1.165, 1.54) is 11.1 Å². The lowest BCUT2D eigenvalue weighted by molar-refractivity contribution is 1.18. The Morgan fingerprint density at radius 2 is 2.00 bits per heavy atom. The van der Waals surface area contributed by atoms with Gasteiger partial charge in [-0.05, 0) is 37.1 Å². The number of benzene rings is 1. The van der Waals surface area contributed by atoms with Gasteiger partial charge in [-0.2, -0.15) is 0 Å². The van der Waals surface area contributed by atoms with Crippen LogP contribution in [0.25, 0.3) is 17.2 Å². The summed E-state index contributed by atoms with van der Waals surface area (Å²) in [6, 6.07) is 4.24. The van der Waals surface area contributed by atoms with Gasteiger partial charge in [0.15, 0.2) is 0 Å². The van der Waals surface area contributed by atoms with E-state index in [2.05, 4.69) is 37.5 Å². The monoisotopic (exact) mass is 172 g/mol. The molecule has 0 aliphatic rings. The Morgan fingerprint density at radius 1 is 1.31 bits per heavy atom. The zero-order chi connectivity index (χ0) is 9.42. The van der Waals surface area contributed by atoms with Gasteiger partial charge in [-0.25, -0.2) is 4.98 Å². The minimum Gasteiger partial charge on any atom is -0.306 e. The van der Waals surface area contributed by atoms with Crippen molar-refractivity contribution in [3.05, 3.63) is 36.2 Å². The number of rotatable bonds is 1. The number of hydrogen-bond donors (Lipinski definition) is 0. The molecule has 0 radical (unpaired) electrons. The molecular formula is C11H12N2. The molecule has 1 heterocycles. The summed E-state index contributed by atoms with van der Waals surface area (Å²) in [5.74, 6) is 0. The molecular weight excluding hydrogens is 160 g/mol. The van der Waals surface area contributed by atoms with Crippen LogP contribution in [-0.2, 0) is 0 Å². The molecule has 0 atom stereocenters. The van der Waals surface area contributed by atoms with Crippen molar-refractivity contribution in [2.24, 2.45) is 0 Å². The van der Waals surface area contributed by atoms with Gasteiger partial charge in [-0.3, -0.25) is 0 Å². The largest absolute Gasteiger partial charge is 0.306 e. The first kappa shape index (κ1) is 8.05. The maximum absolute atomic E-state index is 4.28. The van der Waals surface area contributed by atoms with Gasteiger partial charge in [0.2, 0.25) is 0 Å². The molecule has 66 valence electrons. The Bertz CT molecular complexity index is 466. The SMILES string of the molecule is C=Cn1cnc2cc(C)c(C)cc21. The van der Waals surface area contributed by atoms with E-state index in [1.807, 2.05) is 4.57 Å². The fourth-order valence-corrected chi connectivity index (χ4v) is 1.43. The molecule has 1 aromatic heterocycles. The van der Waals surface area contributed by atoms with Crippen LogP contribution in [0, 0.1) is 13.8 Å². The van der Waals surface area contributed by atoms with E-state index in [0.29, 0.717) is 0 Å². The van der Waals surface area contributed by atoms with Gasteiger partial charge < -0.3 is 4.57 Å². The fraction of sp³-hybridized carbons (Fsp3) is 0.182. The number of fused-ring (bicyclic) bond motifs is 1. The molecule has 0 fully saturated rings. The van der Waals surface area contributed by atoms with Gasteiger partial charge >= 0.3 is 0 Å². The number of imidazole rings is 1. The fourth-order valence-electron chi connectivity index (χ4n) is 1.43. The number of aryl methyl sites for hydroxylation is 2. The molecule has 1 aromatic carbocycles. The van der Waals surface area contributed by atoms with E-state index in [9.17, 15) is 0 Å². The van der Waals surface area contributed by atoms with E-state index in [-0.39, 0.29) is 0 Å². The van der Waals surface area contributed by atoms with Crippen molar-refractivity contribution in [1.29, 1.82) is 0 Å². The normalized spacial score (nSPS) is 10.6. The molecule has 0 saturated carbocycles. The molecule has 13 heavy (non-hydrogen) atoms. The quantitative estimate of drug-likeness (QED) is 0.646. The van der Waals surface area contributed by atoms with Gasteiger partial charge in [0.05, 0.1) is 17.4 Å². The standard InChI is InChI=1S/C11H12N2/c1-4-13-7-12-10-5-8(2)9(3)6-11(10)13/h4-7H,1H2,2-3H3. The lowest BCUT2D eigenvalue weighted by Crippen LogP contribution is -1.85. The summed E-state index contributed by atoms with van der Waals surface area (Å²) < 4.78 is 1.93. The first-order valence-corrected chi connectivity index (χ1v) is 4.28. The highest BCUT2D eigenvalue weighted by Crippen LogP contribution is 2.18. The number of aromatic nitrogens is 2. The zero-order valence-corrected chi connectivity index (χ0v) is 7.91. The smallest absolute Gasteiger partial charge is 0.0999 e. The second-order valence-corrected chi connectivity index (χ2v) is 3.26. The Hall–Kier alpha value is -1.57. The third-order valence-electron chi connectivity index (χ3n) is 2.39. The Balaban J connectivity index is 2.84. The molecule has 0 unspecified atom stereocenters. The van der Waals surface area contributed by atoms with Crippen LogP contribution in [0.5, 0.6) is 0 Å². The van der Waals surface area contributed by atoms with Crippen LogP contribution in [0.1, 0.15) is 11.1 Å². The van der Waals surface area contributed by atoms with E-state index in [0.717, 1.165) is 11.0 Å². The minimum absolute atomic E-state index is 1.03. The second kappa shape index (κ2) is 2.73. The lowest BCUT2D eigenvalue weighted by atomic mass is 10.1. The molecule has 0 aliphatic carbocycles. The predicted octanol–water partition coefficient (Wildman–Crippen LogP) is 2.75. The Morgan fingerprint density at radius 3 is 2.69 bits per heavy atom. The third-order valence-corrected chi connectivity index (χ3v) is 2.39.